The zero-order chi connectivity index (χ0) is 15.2. The quantitative estimate of drug-likeness (QED) is 0.807. The molecule has 1 aromatic heterocycles. The number of hydrogen-bond donors (Lipinski definition) is 1. The number of hydrogen-bond acceptors (Lipinski definition) is 7. The molecule has 1 amide bonds. The maximum Gasteiger partial charge on any atom is 0.413 e. The van der Waals surface area contributed by atoms with Crippen molar-refractivity contribution in [2.45, 2.75) is 39.9 Å². The molecule has 1 aromatic rings. The molecule has 9 heteroatoms. The van der Waals surface area contributed by atoms with Gasteiger partial charge >= 0.3 is 14.3 Å². The lowest BCUT2D eigenvalue weighted by molar-refractivity contribution is 0.0636. The van der Waals surface area contributed by atoms with Crippen molar-refractivity contribution in [3.8, 4) is 0 Å². The Hall–Kier alpha value is -0.950. The number of amides is 1. The number of rotatable bonds is 6. The third-order valence-electron chi connectivity index (χ3n) is 1.76. The minimum atomic E-state index is -2.47. The van der Waals surface area contributed by atoms with Crippen molar-refractivity contribution < 1.29 is 23.1 Å². The van der Waals surface area contributed by atoms with E-state index in [1.54, 1.807) is 33.1 Å². The number of carbonyl (C=O) groups excluding carboxylic acids is 1. The lowest BCUT2D eigenvalue weighted by Gasteiger charge is -2.18. The Morgan fingerprint density at radius 1 is 1.45 bits per heavy atom. The maximum absolute atomic E-state index is 11.5. The van der Waals surface area contributed by atoms with Crippen molar-refractivity contribution in [3.05, 3.63) is 11.1 Å². The maximum atomic E-state index is 11.5. The molecule has 20 heavy (non-hydrogen) atoms. The van der Waals surface area contributed by atoms with Crippen molar-refractivity contribution in [1.82, 2.24) is 4.98 Å². The third kappa shape index (κ3) is 7.00. The molecule has 0 radical (unpaired) electrons. The van der Waals surface area contributed by atoms with E-state index in [2.05, 4.69) is 10.3 Å². The van der Waals surface area contributed by atoms with Crippen LogP contribution in [0.5, 0.6) is 0 Å². The molecule has 114 valence electrons. The van der Waals surface area contributed by atoms with Crippen LogP contribution in [0, 0.1) is 0 Å². The van der Waals surface area contributed by atoms with E-state index in [9.17, 15) is 9.36 Å². The topological polar surface area (TPSA) is 86.8 Å². The highest BCUT2D eigenvalue weighted by Gasteiger charge is 2.17. The van der Waals surface area contributed by atoms with E-state index in [1.165, 1.54) is 11.3 Å². The summed E-state index contributed by atoms with van der Waals surface area (Å²) in [4.78, 5) is 15.6. The van der Waals surface area contributed by atoms with Crippen molar-refractivity contribution in [2.24, 2.45) is 0 Å². The second-order valence-corrected chi connectivity index (χ2v) is 6.68. The van der Waals surface area contributed by atoms with E-state index in [1.807, 2.05) is 0 Å². The van der Waals surface area contributed by atoms with Crippen LogP contribution in [0.15, 0.2) is 5.38 Å². The lowest BCUT2D eigenvalue weighted by atomic mass is 10.2. The average molecular weight is 322 g/mol. The Kier molecular flexibility index (Phi) is 6.61. The molecular weight excluding hydrogens is 303 g/mol. The Morgan fingerprint density at radius 2 is 2.15 bits per heavy atom. The monoisotopic (exact) mass is 322 g/mol. The number of nitrogens with zero attached hydrogens (tertiary/aromatic N) is 1. The average Bonchev–Trinajstić information content (AvgIpc) is 2.71. The van der Waals surface area contributed by atoms with Crippen molar-refractivity contribution in [2.75, 3.05) is 11.9 Å². The SMILES string of the molecule is CCO[PH](=O)OCc1csc(NC(=O)OC(C)(C)C)n1. The number of thiazole rings is 1. The summed E-state index contributed by atoms with van der Waals surface area (Å²) in [6.45, 7) is 7.47. The minimum absolute atomic E-state index is 0.0737. The number of aromatic nitrogens is 1. The Balaban J connectivity index is 2.43. The predicted molar refractivity (Wildman–Crippen MR) is 77.4 cm³/mol. The van der Waals surface area contributed by atoms with Crippen LogP contribution in [0.1, 0.15) is 33.4 Å². The third-order valence-corrected chi connectivity index (χ3v) is 3.47. The first-order chi connectivity index (χ1) is 9.30. The molecule has 1 rings (SSSR count). The van der Waals surface area contributed by atoms with Gasteiger partial charge in [0.15, 0.2) is 5.13 Å². The first-order valence-electron chi connectivity index (χ1n) is 6.04. The van der Waals surface area contributed by atoms with E-state index in [0.717, 1.165) is 0 Å². The van der Waals surface area contributed by atoms with Gasteiger partial charge < -0.3 is 13.8 Å². The Labute approximate surface area is 122 Å². The molecule has 0 bridgehead atoms. The van der Waals surface area contributed by atoms with E-state index in [0.29, 0.717) is 17.4 Å². The molecule has 7 nitrogen and oxygen atoms in total. The molecular formula is C11H19N2O5PS. The number of nitrogens with one attached hydrogen (secondary N) is 1. The van der Waals surface area contributed by atoms with Gasteiger partial charge in [0, 0.05) is 5.38 Å². The summed E-state index contributed by atoms with van der Waals surface area (Å²) in [5.74, 6) is 0. The molecule has 0 saturated carbocycles. The number of carbonyl (C=O) groups is 1. The van der Waals surface area contributed by atoms with Crippen LogP contribution in [-0.2, 0) is 25.0 Å². The molecule has 1 heterocycles. The molecule has 0 spiro atoms. The highest BCUT2D eigenvalue weighted by molar-refractivity contribution is 7.33. The van der Waals surface area contributed by atoms with Crippen LogP contribution in [0.2, 0.25) is 0 Å². The van der Waals surface area contributed by atoms with Crippen molar-refractivity contribution >= 4 is 30.8 Å². The standard InChI is InChI=1S/C11H19N2O5PS/c1-5-16-19(15)17-6-8-7-20-9(12-8)13-10(14)18-11(2,3)4/h7,19H,5-6H2,1-4H3,(H,12,13,14). The van der Waals surface area contributed by atoms with E-state index < -0.39 is 19.9 Å². The number of ether oxygens (including phenoxy) is 1. The largest absolute Gasteiger partial charge is 0.444 e. The highest BCUT2D eigenvalue weighted by Crippen LogP contribution is 2.26. The molecule has 0 fully saturated rings. The molecule has 0 aliphatic heterocycles. The zero-order valence-corrected chi connectivity index (χ0v) is 13.7. The van der Waals surface area contributed by atoms with E-state index in [4.69, 9.17) is 13.8 Å². The van der Waals surface area contributed by atoms with Gasteiger partial charge in [-0.1, -0.05) is 0 Å². The van der Waals surface area contributed by atoms with Gasteiger partial charge in [-0.3, -0.25) is 9.88 Å². The molecule has 0 aliphatic carbocycles. The predicted octanol–water partition coefficient (Wildman–Crippen LogP) is 3.43. The van der Waals surface area contributed by atoms with Crippen LogP contribution in [0.4, 0.5) is 9.93 Å². The van der Waals surface area contributed by atoms with Crippen molar-refractivity contribution in [3.63, 3.8) is 0 Å². The fourth-order valence-electron chi connectivity index (χ4n) is 1.11. The minimum Gasteiger partial charge on any atom is -0.444 e. The Bertz CT molecular complexity index is 472. The van der Waals surface area contributed by atoms with E-state index in [-0.39, 0.29) is 6.61 Å². The fourth-order valence-corrected chi connectivity index (χ4v) is 2.38. The molecule has 1 atom stereocenters. The van der Waals surface area contributed by atoms with Gasteiger partial charge in [0.1, 0.15) is 5.60 Å². The fraction of sp³-hybridized carbons (Fsp3) is 0.636. The van der Waals surface area contributed by atoms with E-state index >= 15 is 0 Å². The van der Waals surface area contributed by atoms with Crippen LogP contribution < -0.4 is 5.32 Å². The van der Waals surface area contributed by atoms with Gasteiger partial charge in [0.25, 0.3) is 0 Å². The highest BCUT2D eigenvalue weighted by atomic mass is 32.1. The van der Waals surface area contributed by atoms with Crippen LogP contribution in [0.3, 0.4) is 0 Å². The normalized spacial score (nSPS) is 13.0. The smallest absolute Gasteiger partial charge is 0.413 e. The molecule has 0 aliphatic rings. The zero-order valence-electron chi connectivity index (χ0n) is 11.9. The van der Waals surface area contributed by atoms with Crippen molar-refractivity contribution in [1.29, 1.82) is 0 Å². The molecule has 0 aromatic carbocycles. The summed E-state index contributed by atoms with van der Waals surface area (Å²) >= 11 is 1.23. The Morgan fingerprint density at radius 3 is 2.75 bits per heavy atom. The van der Waals surface area contributed by atoms with Gasteiger partial charge in [0.2, 0.25) is 0 Å². The van der Waals surface area contributed by atoms with Gasteiger partial charge in [0.05, 0.1) is 18.9 Å². The second-order valence-electron chi connectivity index (χ2n) is 4.74. The summed E-state index contributed by atoms with van der Waals surface area (Å²) in [7, 11) is -2.47. The van der Waals surface area contributed by atoms with Crippen LogP contribution >= 0.6 is 19.6 Å². The number of anilines is 1. The van der Waals surface area contributed by atoms with Gasteiger partial charge in [-0.2, -0.15) is 0 Å². The molecule has 0 saturated heterocycles. The second kappa shape index (κ2) is 7.73. The van der Waals surface area contributed by atoms with Crippen LogP contribution in [0.25, 0.3) is 0 Å². The van der Waals surface area contributed by atoms with Crippen LogP contribution in [-0.4, -0.2) is 23.3 Å². The lowest BCUT2D eigenvalue weighted by Crippen LogP contribution is -2.27. The summed E-state index contributed by atoms with van der Waals surface area (Å²) in [6, 6.07) is 0. The summed E-state index contributed by atoms with van der Waals surface area (Å²) < 4.78 is 26.1. The van der Waals surface area contributed by atoms with Gasteiger partial charge in [-0.25, -0.2) is 9.78 Å². The summed E-state index contributed by atoms with van der Waals surface area (Å²) in [6.07, 6.45) is -0.567. The van der Waals surface area contributed by atoms with Gasteiger partial charge in [-0.05, 0) is 27.7 Å². The molecule has 1 N–H and O–H groups in total. The first-order valence-corrected chi connectivity index (χ1v) is 8.14. The molecule has 1 unspecified atom stereocenters. The van der Waals surface area contributed by atoms with Gasteiger partial charge in [-0.15, -0.1) is 11.3 Å². The first kappa shape index (κ1) is 17.1. The summed E-state index contributed by atoms with van der Waals surface area (Å²) in [5, 5.41) is 4.62. The summed E-state index contributed by atoms with van der Waals surface area (Å²) in [5.41, 5.74) is 0.00380.